The van der Waals surface area contributed by atoms with E-state index in [0.717, 1.165) is 27.3 Å². The average molecular weight is 415 g/mol. The number of aromatic nitrogens is 2. The van der Waals surface area contributed by atoms with E-state index < -0.39 is 5.76 Å². The molecule has 3 heterocycles. The Labute approximate surface area is 171 Å². The Kier molecular flexibility index (Phi) is 5.39. The van der Waals surface area contributed by atoms with E-state index in [4.69, 9.17) is 13.9 Å². The first-order valence-electron chi connectivity index (χ1n) is 9.41. The van der Waals surface area contributed by atoms with Crippen LogP contribution in [0.3, 0.4) is 0 Å². The standard InChI is InChI=1S/C20H21N3O5S/c1-3-26-16-10-13-9-12(2)27-15(13)11-14(16)21-18(24)6-7-23-20(25)28-19(22-23)17-5-4-8-29-17/h4-5,8,10-12H,3,6-7,9H2,1-2H3,(H,21,24). The highest BCUT2D eigenvalue weighted by molar-refractivity contribution is 7.13. The molecule has 29 heavy (non-hydrogen) atoms. The van der Waals surface area contributed by atoms with Crippen molar-refractivity contribution < 1.29 is 18.7 Å². The van der Waals surface area contributed by atoms with E-state index >= 15 is 0 Å². The van der Waals surface area contributed by atoms with Gasteiger partial charge in [-0.1, -0.05) is 6.07 Å². The minimum Gasteiger partial charge on any atom is -0.492 e. The number of thiophene rings is 1. The second kappa shape index (κ2) is 8.12. The van der Waals surface area contributed by atoms with Crippen molar-refractivity contribution in [2.24, 2.45) is 0 Å². The second-order valence-electron chi connectivity index (χ2n) is 6.69. The van der Waals surface area contributed by atoms with Crippen molar-refractivity contribution in [3.8, 4) is 22.3 Å². The molecular weight excluding hydrogens is 394 g/mol. The summed E-state index contributed by atoms with van der Waals surface area (Å²) in [6.45, 7) is 4.48. The Morgan fingerprint density at radius 1 is 1.45 bits per heavy atom. The van der Waals surface area contributed by atoms with Gasteiger partial charge in [-0.05, 0) is 31.4 Å². The van der Waals surface area contributed by atoms with Gasteiger partial charge in [-0.2, -0.15) is 4.68 Å². The molecule has 0 spiro atoms. The van der Waals surface area contributed by atoms with Gasteiger partial charge in [0.1, 0.15) is 17.6 Å². The van der Waals surface area contributed by atoms with Gasteiger partial charge in [0, 0.05) is 24.5 Å². The fraction of sp³-hybridized carbons (Fsp3) is 0.350. The summed E-state index contributed by atoms with van der Waals surface area (Å²) in [6.07, 6.45) is 0.976. The minimum absolute atomic E-state index is 0.0657. The Balaban J connectivity index is 1.44. The highest BCUT2D eigenvalue weighted by atomic mass is 32.1. The zero-order chi connectivity index (χ0) is 20.4. The van der Waals surface area contributed by atoms with Gasteiger partial charge in [0.05, 0.1) is 23.7 Å². The summed E-state index contributed by atoms with van der Waals surface area (Å²) < 4.78 is 17.8. The number of fused-ring (bicyclic) bond motifs is 1. The Morgan fingerprint density at radius 3 is 3.07 bits per heavy atom. The lowest BCUT2D eigenvalue weighted by atomic mass is 10.1. The summed E-state index contributed by atoms with van der Waals surface area (Å²) in [6, 6.07) is 7.37. The molecule has 1 aliphatic rings. The van der Waals surface area contributed by atoms with Crippen LogP contribution in [-0.2, 0) is 17.8 Å². The first-order valence-corrected chi connectivity index (χ1v) is 10.3. The SMILES string of the molecule is CCOc1cc2c(cc1NC(=O)CCn1nc(-c3cccs3)oc1=O)OC(C)C2. The highest BCUT2D eigenvalue weighted by Gasteiger charge is 2.22. The van der Waals surface area contributed by atoms with Crippen LogP contribution in [0.5, 0.6) is 11.5 Å². The number of amides is 1. The normalized spacial score (nSPS) is 15.0. The van der Waals surface area contributed by atoms with Gasteiger partial charge in [0.15, 0.2) is 0 Å². The number of rotatable bonds is 7. The topological polar surface area (TPSA) is 95.6 Å². The molecule has 1 amide bonds. The van der Waals surface area contributed by atoms with Crippen LogP contribution in [0.2, 0.25) is 0 Å². The van der Waals surface area contributed by atoms with Crippen molar-refractivity contribution in [3.05, 3.63) is 45.8 Å². The quantitative estimate of drug-likeness (QED) is 0.636. The maximum atomic E-state index is 12.5. The molecule has 1 aliphatic heterocycles. The van der Waals surface area contributed by atoms with E-state index in [1.165, 1.54) is 11.3 Å². The predicted molar refractivity (Wildman–Crippen MR) is 109 cm³/mol. The molecule has 0 saturated heterocycles. The van der Waals surface area contributed by atoms with E-state index in [9.17, 15) is 9.59 Å². The van der Waals surface area contributed by atoms with Crippen LogP contribution in [0.1, 0.15) is 25.8 Å². The molecule has 0 aliphatic carbocycles. The maximum Gasteiger partial charge on any atom is 0.437 e. The lowest BCUT2D eigenvalue weighted by Crippen LogP contribution is -2.21. The zero-order valence-electron chi connectivity index (χ0n) is 16.1. The molecule has 0 bridgehead atoms. The number of nitrogens with zero attached hydrogens (tertiary/aromatic N) is 2. The number of hydrogen-bond donors (Lipinski definition) is 1. The van der Waals surface area contributed by atoms with E-state index in [-0.39, 0.29) is 30.9 Å². The van der Waals surface area contributed by atoms with E-state index in [1.54, 1.807) is 6.07 Å². The van der Waals surface area contributed by atoms with Gasteiger partial charge in [-0.3, -0.25) is 4.79 Å². The largest absolute Gasteiger partial charge is 0.492 e. The number of hydrogen-bond acceptors (Lipinski definition) is 7. The molecule has 1 unspecified atom stereocenters. The number of anilines is 1. The molecule has 1 aromatic carbocycles. The third-order valence-corrected chi connectivity index (χ3v) is 5.32. The molecule has 0 radical (unpaired) electrons. The molecular formula is C20H21N3O5S. The van der Waals surface area contributed by atoms with E-state index in [2.05, 4.69) is 10.4 Å². The lowest BCUT2D eigenvalue weighted by molar-refractivity contribution is -0.116. The van der Waals surface area contributed by atoms with Crippen LogP contribution in [-0.4, -0.2) is 28.4 Å². The van der Waals surface area contributed by atoms with E-state index in [0.29, 0.717) is 18.0 Å². The van der Waals surface area contributed by atoms with Crippen molar-refractivity contribution in [1.29, 1.82) is 0 Å². The van der Waals surface area contributed by atoms with Gasteiger partial charge in [-0.15, -0.1) is 16.4 Å². The maximum absolute atomic E-state index is 12.5. The zero-order valence-corrected chi connectivity index (χ0v) is 17.0. The van der Waals surface area contributed by atoms with Gasteiger partial charge < -0.3 is 19.2 Å². The Morgan fingerprint density at radius 2 is 2.31 bits per heavy atom. The first-order chi connectivity index (χ1) is 14.0. The third-order valence-electron chi connectivity index (χ3n) is 4.46. The van der Waals surface area contributed by atoms with Crippen LogP contribution < -0.4 is 20.5 Å². The lowest BCUT2D eigenvalue weighted by Gasteiger charge is -2.13. The molecule has 1 N–H and O–H groups in total. The molecule has 9 heteroatoms. The van der Waals surface area contributed by atoms with Crippen LogP contribution in [0, 0.1) is 0 Å². The monoisotopic (exact) mass is 415 g/mol. The Bertz CT molecular complexity index is 1070. The van der Waals surface area contributed by atoms with Gasteiger partial charge >= 0.3 is 5.76 Å². The fourth-order valence-corrected chi connectivity index (χ4v) is 3.82. The van der Waals surface area contributed by atoms with Crippen LogP contribution >= 0.6 is 11.3 Å². The summed E-state index contributed by atoms with van der Waals surface area (Å²) in [7, 11) is 0. The molecule has 0 saturated carbocycles. The van der Waals surface area contributed by atoms with Gasteiger partial charge in [-0.25, -0.2) is 4.79 Å². The molecule has 8 nitrogen and oxygen atoms in total. The Hall–Kier alpha value is -3.07. The van der Waals surface area contributed by atoms with E-state index in [1.807, 2.05) is 37.4 Å². The summed E-state index contributed by atoms with van der Waals surface area (Å²) >= 11 is 1.43. The molecule has 0 fully saturated rings. The van der Waals surface area contributed by atoms with Crippen LogP contribution in [0.25, 0.3) is 10.8 Å². The fourth-order valence-electron chi connectivity index (χ4n) is 3.18. The van der Waals surface area contributed by atoms with Crippen LogP contribution in [0.15, 0.2) is 38.9 Å². The van der Waals surface area contributed by atoms with Crippen molar-refractivity contribution in [2.75, 3.05) is 11.9 Å². The minimum atomic E-state index is -0.587. The summed E-state index contributed by atoms with van der Waals surface area (Å²) in [5.74, 6) is 0.773. The summed E-state index contributed by atoms with van der Waals surface area (Å²) in [4.78, 5) is 25.2. The smallest absolute Gasteiger partial charge is 0.437 e. The van der Waals surface area contributed by atoms with Crippen molar-refractivity contribution in [3.63, 3.8) is 0 Å². The number of carbonyl (C=O) groups excluding carboxylic acids is 1. The molecule has 2 aromatic heterocycles. The summed E-state index contributed by atoms with van der Waals surface area (Å²) in [5, 5.41) is 8.88. The molecule has 4 rings (SSSR count). The van der Waals surface area contributed by atoms with Gasteiger partial charge in [0.2, 0.25) is 5.91 Å². The van der Waals surface area contributed by atoms with Crippen molar-refractivity contribution in [2.45, 2.75) is 39.3 Å². The number of aryl methyl sites for hydroxylation is 1. The third kappa shape index (κ3) is 4.19. The predicted octanol–water partition coefficient (Wildman–Crippen LogP) is 3.32. The van der Waals surface area contributed by atoms with Gasteiger partial charge in [0.25, 0.3) is 5.89 Å². The molecule has 152 valence electrons. The molecule has 1 atom stereocenters. The number of nitrogens with one attached hydrogen (secondary N) is 1. The number of ether oxygens (including phenoxy) is 2. The molecule has 3 aromatic rings. The van der Waals surface area contributed by atoms with Crippen LogP contribution in [0.4, 0.5) is 5.69 Å². The number of benzene rings is 1. The average Bonchev–Trinajstić information content (AvgIpc) is 3.40. The summed E-state index contributed by atoms with van der Waals surface area (Å²) in [5.41, 5.74) is 1.62. The highest BCUT2D eigenvalue weighted by Crippen LogP contribution is 2.38. The van der Waals surface area contributed by atoms with Crippen molar-refractivity contribution in [1.82, 2.24) is 9.78 Å². The number of carbonyl (C=O) groups is 1. The second-order valence-corrected chi connectivity index (χ2v) is 7.64. The van der Waals surface area contributed by atoms with Crippen molar-refractivity contribution >= 4 is 22.9 Å². The first kappa shape index (κ1) is 19.3.